The number of nitrogens with one attached hydrogen (secondary N) is 1. The van der Waals surface area contributed by atoms with Crippen LogP contribution in [0, 0.1) is 13.8 Å². The summed E-state index contributed by atoms with van der Waals surface area (Å²) >= 11 is 0. The number of aromatic nitrogens is 3. The van der Waals surface area contributed by atoms with Crippen LogP contribution in [0.1, 0.15) is 28.6 Å². The molecule has 0 saturated heterocycles. The van der Waals surface area contributed by atoms with Crippen molar-refractivity contribution in [3.63, 3.8) is 0 Å². The minimum absolute atomic E-state index is 0.295. The van der Waals surface area contributed by atoms with Crippen LogP contribution in [0.2, 0.25) is 0 Å². The van der Waals surface area contributed by atoms with Crippen molar-refractivity contribution in [3.05, 3.63) is 71.0 Å². The molecule has 3 N–H and O–H groups in total. The normalized spacial score (nSPS) is 12.3. The van der Waals surface area contributed by atoms with Gasteiger partial charge in [0, 0.05) is 5.56 Å². The van der Waals surface area contributed by atoms with Crippen molar-refractivity contribution in [1.29, 1.82) is 0 Å². The molecule has 4 nitrogen and oxygen atoms in total. The lowest BCUT2D eigenvalue weighted by Crippen LogP contribution is -2.13. The van der Waals surface area contributed by atoms with Crippen molar-refractivity contribution in [1.82, 2.24) is 15.2 Å². The summed E-state index contributed by atoms with van der Waals surface area (Å²) in [5.74, 6) is 1.36. The Labute approximate surface area is 124 Å². The van der Waals surface area contributed by atoms with Crippen LogP contribution in [0.3, 0.4) is 0 Å². The molecule has 0 fully saturated rings. The molecule has 1 heterocycles. The van der Waals surface area contributed by atoms with E-state index in [1.165, 1.54) is 5.56 Å². The standard InChI is InChI=1S/C17H18N4/c1-11-7-9-13(10-8-11)15(18)17-19-16(20-21-17)14-6-4-3-5-12(14)2/h3-10,15H,18H2,1-2H3,(H,19,20,21)/t15-/m0/s1. The van der Waals surface area contributed by atoms with E-state index in [1.54, 1.807) is 0 Å². The molecule has 1 aromatic heterocycles. The third-order valence-corrected chi connectivity index (χ3v) is 3.62. The van der Waals surface area contributed by atoms with E-state index in [1.807, 2.05) is 55.5 Å². The zero-order valence-electron chi connectivity index (χ0n) is 12.2. The monoisotopic (exact) mass is 278 g/mol. The molecule has 3 aromatic rings. The average Bonchev–Trinajstić information content (AvgIpc) is 2.97. The summed E-state index contributed by atoms with van der Waals surface area (Å²) in [7, 11) is 0. The van der Waals surface area contributed by atoms with Gasteiger partial charge in [0.25, 0.3) is 0 Å². The number of nitrogens with zero attached hydrogens (tertiary/aromatic N) is 2. The maximum Gasteiger partial charge on any atom is 0.181 e. The van der Waals surface area contributed by atoms with Crippen LogP contribution in [0.5, 0.6) is 0 Å². The molecule has 0 aliphatic heterocycles. The zero-order chi connectivity index (χ0) is 14.8. The molecule has 0 aliphatic rings. The van der Waals surface area contributed by atoms with Crippen LogP contribution in [0.4, 0.5) is 0 Å². The first kappa shape index (κ1) is 13.5. The smallest absolute Gasteiger partial charge is 0.181 e. The van der Waals surface area contributed by atoms with E-state index in [9.17, 15) is 0 Å². The van der Waals surface area contributed by atoms with Crippen LogP contribution in [-0.4, -0.2) is 15.2 Å². The van der Waals surface area contributed by atoms with Gasteiger partial charge in [-0.05, 0) is 25.0 Å². The molecule has 21 heavy (non-hydrogen) atoms. The SMILES string of the molecule is Cc1ccc([C@H](N)c2nc(-c3ccccc3C)n[nH]2)cc1. The molecule has 0 radical (unpaired) electrons. The van der Waals surface area contributed by atoms with Gasteiger partial charge in [-0.2, -0.15) is 5.10 Å². The van der Waals surface area contributed by atoms with Crippen LogP contribution in [0.25, 0.3) is 11.4 Å². The summed E-state index contributed by atoms with van der Waals surface area (Å²) in [5.41, 5.74) is 10.7. The molecule has 0 spiro atoms. The first-order chi connectivity index (χ1) is 10.1. The van der Waals surface area contributed by atoms with Crippen molar-refractivity contribution in [2.45, 2.75) is 19.9 Å². The first-order valence-electron chi connectivity index (χ1n) is 6.95. The van der Waals surface area contributed by atoms with Gasteiger partial charge in [-0.1, -0.05) is 54.1 Å². The van der Waals surface area contributed by atoms with Crippen molar-refractivity contribution < 1.29 is 0 Å². The topological polar surface area (TPSA) is 67.6 Å². The Morgan fingerprint density at radius 3 is 2.43 bits per heavy atom. The second-order valence-corrected chi connectivity index (χ2v) is 5.25. The number of nitrogens with two attached hydrogens (primary N) is 1. The highest BCUT2D eigenvalue weighted by atomic mass is 15.2. The molecule has 0 bridgehead atoms. The summed E-state index contributed by atoms with van der Waals surface area (Å²) in [6, 6.07) is 15.9. The summed E-state index contributed by atoms with van der Waals surface area (Å²) in [5, 5.41) is 7.25. The molecule has 0 unspecified atom stereocenters. The Morgan fingerprint density at radius 1 is 1.00 bits per heavy atom. The van der Waals surface area contributed by atoms with Crippen LogP contribution < -0.4 is 5.73 Å². The summed E-state index contributed by atoms with van der Waals surface area (Å²) in [6.45, 7) is 4.10. The maximum absolute atomic E-state index is 6.26. The number of hydrogen-bond acceptors (Lipinski definition) is 3. The quantitative estimate of drug-likeness (QED) is 0.773. The summed E-state index contributed by atoms with van der Waals surface area (Å²) < 4.78 is 0. The molecule has 4 heteroatoms. The summed E-state index contributed by atoms with van der Waals surface area (Å²) in [6.07, 6.45) is 0. The molecule has 0 amide bonds. The van der Waals surface area contributed by atoms with Gasteiger partial charge in [0.05, 0.1) is 6.04 Å². The van der Waals surface area contributed by atoms with Crippen molar-refractivity contribution in [2.24, 2.45) is 5.73 Å². The fourth-order valence-electron chi connectivity index (χ4n) is 2.29. The second kappa shape index (κ2) is 5.50. The fourth-order valence-corrected chi connectivity index (χ4v) is 2.29. The lowest BCUT2D eigenvalue weighted by atomic mass is 10.1. The van der Waals surface area contributed by atoms with Gasteiger partial charge in [-0.15, -0.1) is 0 Å². The lowest BCUT2D eigenvalue weighted by molar-refractivity contribution is 0.787. The van der Waals surface area contributed by atoms with Crippen LogP contribution in [0.15, 0.2) is 48.5 Å². The number of hydrogen-bond donors (Lipinski definition) is 2. The minimum atomic E-state index is -0.295. The predicted molar refractivity (Wildman–Crippen MR) is 83.8 cm³/mol. The Kier molecular flexibility index (Phi) is 3.54. The Bertz CT molecular complexity index is 743. The van der Waals surface area contributed by atoms with Gasteiger partial charge in [0.15, 0.2) is 5.82 Å². The number of aryl methyl sites for hydroxylation is 2. The van der Waals surface area contributed by atoms with E-state index in [2.05, 4.69) is 22.1 Å². The van der Waals surface area contributed by atoms with Gasteiger partial charge >= 0.3 is 0 Å². The van der Waals surface area contributed by atoms with Crippen molar-refractivity contribution >= 4 is 0 Å². The van der Waals surface area contributed by atoms with Gasteiger partial charge in [-0.3, -0.25) is 5.10 Å². The molecular formula is C17H18N4. The van der Waals surface area contributed by atoms with Gasteiger partial charge in [0.2, 0.25) is 0 Å². The van der Waals surface area contributed by atoms with E-state index >= 15 is 0 Å². The van der Waals surface area contributed by atoms with Crippen molar-refractivity contribution in [3.8, 4) is 11.4 Å². The van der Waals surface area contributed by atoms with Crippen LogP contribution in [-0.2, 0) is 0 Å². The number of benzene rings is 2. The highest BCUT2D eigenvalue weighted by molar-refractivity contribution is 5.59. The molecule has 3 rings (SSSR count). The molecule has 106 valence electrons. The number of H-pyrrole nitrogens is 1. The minimum Gasteiger partial charge on any atom is -0.318 e. The van der Waals surface area contributed by atoms with Crippen LogP contribution >= 0.6 is 0 Å². The average molecular weight is 278 g/mol. The predicted octanol–water partition coefficient (Wildman–Crippen LogP) is 3.14. The molecular weight excluding hydrogens is 260 g/mol. The fraction of sp³-hybridized carbons (Fsp3) is 0.176. The number of rotatable bonds is 3. The van der Waals surface area contributed by atoms with Gasteiger partial charge in [-0.25, -0.2) is 4.98 Å². The molecule has 0 aliphatic carbocycles. The highest BCUT2D eigenvalue weighted by Crippen LogP contribution is 2.22. The van der Waals surface area contributed by atoms with E-state index in [0.29, 0.717) is 11.6 Å². The van der Waals surface area contributed by atoms with E-state index < -0.39 is 0 Å². The van der Waals surface area contributed by atoms with Crippen molar-refractivity contribution in [2.75, 3.05) is 0 Å². The molecule has 0 saturated carbocycles. The third-order valence-electron chi connectivity index (χ3n) is 3.62. The van der Waals surface area contributed by atoms with E-state index in [-0.39, 0.29) is 6.04 Å². The van der Waals surface area contributed by atoms with Gasteiger partial charge < -0.3 is 5.73 Å². The largest absolute Gasteiger partial charge is 0.318 e. The lowest BCUT2D eigenvalue weighted by Gasteiger charge is -2.08. The Balaban J connectivity index is 1.91. The van der Waals surface area contributed by atoms with Gasteiger partial charge in [0.1, 0.15) is 5.82 Å². The Morgan fingerprint density at radius 2 is 1.71 bits per heavy atom. The Hall–Kier alpha value is -2.46. The first-order valence-corrected chi connectivity index (χ1v) is 6.95. The van der Waals surface area contributed by atoms with E-state index in [0.717, 1.165) is 16.7 Å². The number of aromatic amines is 1. The summed E-state index contributed by atoms with van der Waals surface area (Å²) in [4.78, 5) is 4.55. The zero-order valence-corrected chi connectivity index (χ0v) is 12.2. The molecule has 2 aromatic carbocycles. The highest BCUT2D eigenvalue weighted by Gasteiger charge is 2.15. The second-order valence-electron chi connectivity index (χ2n) is 5.25. The van der Waals surface area contributed by atoms with E-state index in [4.69, 9.17) is 5.73 Å². The molecule has 1 atom stereocenters. The third kappa shape index (κ3) is 2.71. The maximum atomic E-state index is 6.26.